The number of H-pyrrole nitrogens is 2. The van der Waals surface area contributed by atoms with Crippen molar-refractivity contribution in [2.24, 2.45) is 0 Å². The Morgan fingerprint density at radius 3 is 1.30 bits per heavy atom. The van der Waals surface area contributed by atoms with Crippen LogP contribution in [-0.4, -0.2) is 33.5 Å². The minimum absolute atomic E-state index is 0.0922. The number of carbonyl (C=O) groups is 4. The van der Waals surface area contributed by atoms with Crippen LogP contribution in [0.2, 0.25) is 30.1 Å². The van der Waals surface area contributed by atoms with Gasteiger partial charge in [0.05, 0.1) is 31.1 Å². The number of rotatable bonds is 8. The molecular weight excluding hydrogens is 733 g/mol. The molecule has 2 aromatic heterocycles. The Balaban J connectivity index is 1.29. The van der Waals surface area contributed by atoms with Crippen LogP contribution in [0.15, 0.2) is 72.8 Å². The van der Waals surface area contributed by atoms with E-state index in [1.807, 2.05) is 0 Å². The Labute approximate surface area is 295 Å². The van der Waals surface area contributed by atoms with Gasteiger partial charge in [0, 0.05) is 31.9 Å². The number of fused-ring (bicyclic) bond motifs is 2. The number of benzene rings is 4. The van der Waals surface area contributed by atoms with Gasteiger partial charge in [0.2, 0.25) is 11.6 Å². The molecule has 14 heteroatoms. The van der Waals surface area contributed by atoms with Gasteiger partial charge < -0.3 is 19.4 Å². The van der Waals surface area contributed by atoms with E-state index in [9.17, 15) is 19.2 Å². The minimum Gasteiger partial charge on any atom is -0.423 e. The Hall–Kier alpha value is -4.02. The van der Waals surface area contributed by atoms with E-state index in [4.69, 9.17) is 79.1 Å². The normalized spacial score (nSPS) is 11.2. The van der Waals surface area contributed by atoms with Crippen LogP contribution in [0.4, 0.5) is 0 Å². The lowest BCUT2D eigenvalue weighted by Crippen LogP contribution is -2.19. The molecule has 0 bridgehead atoms. The summed E-state index contributed by atoms with van der Waals surface area (Å²) in [5.74, 6) is -3.50. The first-order chi connectivity index (χ1) is 22.4. The van der Waals surface area contributed by atoms with E-state index in [1.165, 1.54) is 36.4 Å². The highest BCUT2D eigenvalue weighted by Gasteiger charge is 2.27. The molecule has 4 aromatic carbocycles. The molecule has 0 spiro atoms. The molecule has 0 saturated heterocycles. The summed E-state index contributed by atoms with van der Waals surface area (Å²) in [6.45, 7) is 0. The van der Waals surface area contributed by atoms with Gasteiger partial charge in [-0.3, -0.25) is 19.2 Å². The zero-order valence-corrected chi connectivity index (χ0v) is 27.9. The maximum atomic E-state index is 13.5. The van der Waals surface area contributed by atoms with E-state index >= 15 is 0 Å². The fourth-order valence-electron chi connectivity index (χ4n) is 4.80. The lowest BCUT2D eigenvalue weighted by Gasteiger charge is -2.09. The molecule has 0 aliphatic rings. The molecule has 2 heterocycles. The minimum atomic E-state index is -1.05. The molecule has 0 aliphatic heterocycles. The van der Waals surface area contributed by atoms with Crippen molar-refractivity contribution in [3.63, 3.8) is 0 Å². The molecule has 0 radical (unpaired) electrons. The molecule has 0 amide bonds. The van der Waals surface area contributed by atoms with E-state index < -0.39 is 29.9 Å². The van der Waals surface area contributed by atoms with Crippen LogP contribution in [0.5, 0.6) is 11.5 Å². The third-order valence-electron chi connectivity index (χ3n) is 6.96. The van der Waals surface area contributed by atoms with Crippen molar-refractivity contribution >= 4 is 115 Å². The molecular formula is C33H16Cl6N2O6. The Kier molecular flexibility index (Phi) is 9.27. The predicted molar refractivity (Wildman–Crippen MR) is 182 cm³/mol. The quantitative estimate of drug-likeness (QED) is 0.0909. The summed E-state index contributed by atoms with van der Waals surface area (Å²) in [5.41, 5.74) is 0.930. The van der Waals surface area contributed by atoms with Gasteiger partial charge in [0.15, 0.2) is 11.5 Å². The maximum absolute atomic E-state index is 13.5. The molecule has 6 aromatic rings. The summed E-state index contributed by atoms with van der Waals surface area (Å²) in [4.78, 5) is 59.2. The summed E-state index contributed by atoms with van der Waals surface area (Å²) < 4.78 is 11.2. The highest BCUT2D eigenvalue weighted by molar-refractivity contribution is 6.43. The number of aromatic amines is 2. The van der Waals surface area contributed by atoms with Gasteiger partial charge in [-0.05, 0) is 72.8 Å². The third kappa shape index (κ3) is 6.71. The third-order valence-corrected chi connectivity index (χ3v) is 8.91. The standard InChI is InChI=1S/C33H16Cl6N2O6/c34-16-3-5-18-24(11-16)40-28(30(44)14-1-7-20(36)22(38)9-14)32(18)46-26(42)13-27(43)47-33-19-6-4-17(35)12-25(19)41-29(33)31(45)15-2-8-21(37)23(39)10-15/h1-12,40-41H,13H2. The largest absolute Gasteiger partial charge is 0.423 e. The van der Waals surface area contributed by atoms with Gasteiger partial charge in [0.25, 0.3) is 0 Å². The second-order valence-electron chi connectivity index (χ2n) is 10.1. The van der Waals surface area contributed by atoms with Gasteiger partial charge in [-0.25, -0.2) is 0 Å². The van der Waals surface area contributed by atoms with E-state index in [2.05, 4.69) is 9.97 Å². The second-order valence-corrected chi connectivity index (χ2v) is 12.6. The Bertz CT molecular complexity index is 2130. The molecule has 47 heavy (non-hydrogen) atoms. The van der Waals surface area contributed by atoms with Crippen LogP contribution in [0.3, 0.4) is 0 Å². The van der Waals surface area contributed by atoms with Crippen LogP contribution in [0.25, 0.3) is 21.8 Å². The monoisotopic (exact) mass is 746 g/mol. The summed E-state index contributed by atoms with van der Waals surface area (Å²) in [6, 6.07) is 17.9. The molecule has 0 atom stereocenters. The Morgan fingerprint density at radius 2 is 0.915 bits per heavy atom. The summed E-state index contributed by atoms with van der Waals surface area (Å²) in [7, 11) is 0. The van der Waals surface area contributed by atoms with Crippen molar-refractivity contribution in [3.05, 3.63) is 125 Å². The average Bonchev–Trinajstić information content (AvgIpc) is 3.55. The second kappa shape index (κ2) is 13.2. The van der Waals surface area contributed by atoms with Crippen molar-refractivity contribution in [1.29, 1.82) is 0 Å². The van der Waals surface area contributed by atoms with Gasteiger partial charge in [-0.15, -0.1) is 0 Å². The molecule has 0 fully saturated rings. The number of hydrogen-bond acceptors (Lipinski definition) is 6. The van der Waals surface area contributed by atoms with Gasteiger partial charge in [-0.2, -0.15) is 0 Å². The molecule has 236 valence electrons. The first-order valence-electron chi connectivity index (χ1n) is 13.4. The number of hydrogen-bond donors (Lipinski definition) is 2. The van der Waals surface area contributed by atoms with E-state index in [-0.39, 0.29) is 54.1 Å². The summed E-state index contributed by atoms with van der Waals surface area (Å²) in [6.07, 6.45) is -0.888. The zero-order valence-electron chi connectivity index (χ0n) is 23.4. The molecule has 8 nitrogen and oxygen atoms in total. The number of aromatic nitrogens is 2. The van der Waals surface area contributed by atoms with Crippen LogP contribution < -0.4 is 9.47 Å². The fraction of sp³-hybridized carbons (Fsp3) is 0.0303. The highest BCUT2D eigenvalue weighted by atomic mass is 35.5. The van der Waals surface area contributed by atoms with Crippen LogP contribution in [0.1, 0.15) is 38.5 Å². The first kappa shape index (κ1) is 32.9. The van der Waals surface area contributed by atoms with Crippen LogP contribution >= 0.6 is 69.6 Å². The molecule has 0 saturated carbocycles. The fourth-order valence-corrected chi connectivity index (χ4v) is 5.74. The molecule has 6 rings (SSSR count). The lowest BCUT2D eigenvalue weighted by atomic mass is 10.1. The van der Waals surface area contributed by atoms with Crippen molar-refractivity contribution < 1.29 is 28.7 Å². The number of ether oxygens (including phenoxy) is 2. The van der Waals surface area contributed by atoms with Crippen molar-refractivity contribution in [2.45, 2.75) is 6.42 Å². The van der Waals surface area contributed by atoms with Crippen LogP contribution in [-0.2, 0) is 9.59 Å². The first-order valence-corrected chi connectivity index (χ1v) is 15.7. The number of esters is 2. The number of ketones is 2. The van der Waals surface area contributed by atoms with E-state index in [0.717, 1.165) is 0 Å². The predicted octanol–water partition coefficient (Wildman–Crippen LogP) is 9.93. The topological polar surface area (TPSA) is 118 Å². The van der Waals surface area contributed by atoms with Gasteiger partial charge in [-0.1, -0.05) is 69.6 Å². The van der Waals surface area contributed by atoms with Crippen LogP contribution in [0, 0.1) is 0 Å². The Morgan fingerprint density at radius 1 is 0.511 bits per heavy atom. The highest BCUT2D eigenvalue weighted by Crippen LogP contribution is 2.36. The smallest absolute Gasteiger partial charge is 0.322 e. The molecule has 0 unspecified atom stereocenters. The zero-order chi connectivity index (χ0) is 33.6. The average molecular weight is 749 g/mol. The molecule has 0 aliphatic carbocycles. The number of halogens is 6. The van der Waals surface area contributed by atoms with Crippen molar-refractivity contribution in [3.8, 4) is 11.5 Å². The maximum Gasteiger partial charge on any atom is 0.322 e. The van der Waals surface area contributed by atoms with Crippen molar-refractivity contribution in [2.75, 3.05) is 0 Å². The lowest BCUT2D eigenvalue weighted by molar-refractivity contribution is -0.144. The van der Waals surface area contributed by atoms with E-state index in [0.29, 0.717) is 31.9 Å². The van der Waals surface area contributed by atoms with Gasteiger partial charge in [0.1, 0.15) is 17.8 Å². The number of carbonyl (C=O) groups excluding carboxylic acids is 4. The van der Waals surface area contributed by atoms with Crippen molar-refractivity contribution in [1.82, 2.24) is 9.97 Å². The summed E-state index contributed by atoms with van der Waals surface area (Å²) >= 11 is 36.5. The number of nitrogens with one attached hydrogen (secondary N) is 2. The SMILES string of the molecule is O=C(CC(=O)Oc1c(C(=O)c2ccc(Cl)c(Cl)c2)[nH]c2cc(Cl)ccc12)Oc1c(C(=O)c2ccc(Cl)c(Cl)c2)[nH]c2cc(Cl)ccc12. The van der Waals surface area contributed by atoms with E-state index in [1.54, 1.807) is 36.4 Å². The molecule has 2 N–H and O–H groups in total. The van der Waals surface area contributed by atoms with Gasteiger partial charge >= 0.3 is 11.9 Å². The summed E-state index contributed by atoms with van der Waals surface area (Å²) in [5, 5.41) is 2.21.